The highest BCUT2D eigenvalue weighted by molar-refractivity contribution is 7.99. The molecule has 1 N–H and O–H groups in total. The van der Waals surface area contributed by atoms with Crippen LogP contribution in [0.4, 0.5) is 27.6 Å². The molecule has 0 radical (unpaired) electrons. The second kappa shape index (κ2) is 8.05. The molecular formula is C15H12F5NO2S2. The van der Waals surface area contributed by atoms with Crippen molar-refractivity contribution in [2.24, 2.45) is 0 Å². The van der Waals surface area contributed by atoms with E-state index in [1.807, 2.05) is 0 Å². The van der Waals surface area contributed by atoms with Gasteiger partial charge in [0.15, 0.2) is 0 Å². The van der Waals surface area contributed by atoms with Gasteiger partial charge in [-0.15, -0.1) is 11.3 Å². The maximum Gasteiger partial charge on any atom is 0.416 e. The van der Waals surface area contributed by atoms with Gasteiger partial charge in [0.1, 0.15) is 10.6 Å². The molecule has 2 rings (SSSR count). The van der Waals surface area contributed by atoms with Crippen LogP contribution in [-0.4, -0.2) is 18.3 Å². The van der Waals surface area contributed by atoms with Crippen LogP contribution in [0.15, 0.2) is 34.5 Å². The molecule has 0 aliphatic heterocycles. The van der Waals surface area contributed by atoms with Crippen LogP contribution in [0.3, 0.4) is 0 Å². The normalized spacial score (nSPS) is 11.6. The zero-order valence-electron chi connectivity index (χ0n) is 12.7. The number of benzene rings is 1. The van der Waals surface area contributed by atoms with Crippen molar-refractivity contribution in [1.82, 2.24) is 0 Å². The fourth-order valence-corrected chi connectivity index (χ4v) is 3.51. The number of nitrogens with one attached hydrogen (secondary N) is 1. The van der Waals surface area contributed by atoms with Gasteiger partial charge in [-0.05, 0) is 36.6 Å². The second-order valence-electron chi connectivity index (χ2n) is 4.59. The molecule has 0 unspecified atom stereocenters. The fraction of sp³-hybridized carbons (Fsp3) is 0.267. The van der Waals surface area contributed by atoms with Gasteiger partial charge in [-0.2, -0.15) is 22.0 Å². The summed E-state index contributed by atoms with van der Waals surface area (Å²) in [5, 5.41) is 3.77. The Morgan fingerprint density at radius 3 is 2.64 bits per heavy atom. The number of thiophene rings is 1. The van der Waals surface area contributed by atoms with E-state index < -0.39 is 23.4 Å². The van der Waals surface area contributed by atoms with E-state index in [0.29, 0.717) is 0 Å². The van der Waals surface area contributed by atoms with Crippen LogP contribution in [0, 0.1) is 0 Å². The zero-order valence-corrected chi connectivity index (χ0v) is 14.3. The van der Waals surface area contributed by atoms with Gasteiger partial charge in [0, 0.05) is 4.90 Å². The summed E-state index contributed by atoms with van der Waals surface area (Å²) in [5.41, 5.74) is -1.14. The minimum absolute atomic E-state index is 0.00911. The number of ether oxygens (including phenoxy) is 1. The third-order valence-corrected chi connectivity index (χ3v) is 4.72. The van der Waals surface area contributed by atoms with E-state index >= 15 is 0 Å². The minimum atomic E-state index is -4.59. The number of carbonyl (C=O) groups is 1. The monoisotopic (exact) mass is 397 g/mol. The van der Waals surface area contributed by atoms with E-state index in [4.69, 9.17) is 4.74 Å². The average Bonchev–Trinajstić information content (AvgIpc) is 2.95. The summed E-state index contributed by atoms with van der Waals surface area (Å²) in [7, 11) is 0. The molecule has 25 heavy (non-hydrogen) atoms. The smallest absolute Gasteiger partial charge is 0.416 e. The number of carbonyl (C=O) groups excluding carboxylic acids is 1. The number of halogens is 5. The van der Waals surface area contributed by atoms with E-state index in [1.165, 1.54) is 11.4 Å². The molecule has 1 aromatic heterocycles. The molecule has 0 bridgehead atoms. The van der Waals surface area contributed by atoms with Crippen LogP contribution in [0.1, 0.15) is 22.2 Å². The molecule has 0 fully saturated rings. The number of amides is 1. The fourth-order valence-electron chi connectivity index (χ4n) is 1.92. The third kappa shape index (κ3) is 5.08. The molecule has 0 aliphatic carbocycles. The summed E-state index contributed by atoms with van der Waals surface area (Å²) < 4.78 is 68.8. The van der Waals surface area contributed by atoms with Gasteiger partial charge in [0.2, 0.25) is 0 Å². The highest BCUT2D eigenvalue weighted by Crippen LogP contribution is 2.36. The molecule has 3 nitrogen and oxygen atoms in total. The summed E-state index contributed by atoms with van der Waals surface area (Å²) in [6.45, 7) is 1.82. The molecule has 136 valence electrons. The highest BCUT2D eigenvalue weighted by atomic mass is 32.2. The molecule has 0 saturated heterocycles. The number of alkyl halides is 5. The second-order valence-corrected chi connectivity index (χ2v) is 6.54. The van der Waals surface area contributed by atoms with Crippen molar-refractivity contribution >= 4 is 34.7 Å². The van der Waals surface area contributed by atoms with Crippen molar-refractivity contribution in [3.05, 3.63) is 40.1 Å². The SMILES string of the molecule is CCOc1ccc(C(F)(F)F)cc1NC(=O)c1sccc1SC(F)F. The Labute approximate surface area is 148 Å². The Morgan fingerprint density at radius 1 is 1.32 bits per heavy atom. The lowest BCUT2D eigenvalue weighted by Crippen LogP contribution is -2.14. The summed E-state index contributed by atoms with van der Waals surface area (Å²) in [5.74, 6) is -3.43. The van der Waals surface area contributed by atoms with E-state index in [1.54, 1.807) is 6.92 Å². The van der Waals surface area contributed by atoms with Gasteiger partial charge in [0.05, 0.1) is 17.9 Å². The number of thioether (sulfide) groups is 1. The van der Waals surface area contributed by atoms with Crippen LogP contribution in [0.5, 0.6) is 5.75 Å². The van der Waals surface area contributed by atoms with Crippen molar-refractivity contribution in [3.8, 4) is 5.75 Å². The standard InChI is InChI=1S/C15H12F5NO2S2/c1-2-23-10-4-3-8(15(18,19)20)7-9(10)21-13(22)12-11(5-6-24-12)25-14(16)17/h3-7,14H,2H2,1H3,(H,21,22). The zero-order chi connectivity index (χ0) is 18.6. The molecule has 2 aromatic rings. The van der Waals surface area contributed by atoms with Crippen molar-refractivity contribution in [3.63, 3.8) is 0 Å². The van der Waals surface area contributed by atoms with E-state index in [0.717, 1.165) is 29.5 Å². The Balaban J connectivity index is 2.31. The minimum Gasteiger partial charge on any atom is -0.492 e. The Kier molecular flexibility index (Phi) is 6.28. The lowest BCUT2D eigenvalue weighted by molar-refractivity contribution is -0.137. The van der Waals surface area contributed by atoms with E-state index in [-0.39, 0.29) is 39.6 Å². The Morgan fingerprint density at radius 2 is 2.04 bits per heavy atom. The topological polar surface area (TPSA) is 38.3 Å². The predicted octanol–water partition coefficient (Wildman–Crippen LogP) is 5.73. The van der Waals surface area contributed by atoms with Crippen molar-refractivity contribution < 1.29 is 31.5 Å². The molecule has 1 aromatic carbocycles. The van der Waals surface area contributed by atoms with Crippen molar-refractivity contribution in [2.45, 2.75) is 23.8 Å². The molecule has 0 aliphatic rings. The summed E-state index contributed by atoms with van der Waals surface area (Å²) in [6, 6.07) is 4.04. The van der Waals surface area contributed by atoms with Crippen LogP contribution >= 0.6 is 23.1 Å². The molecule has 0 atom stereocenters. The largest absolute Gasteiger partial charge is 0.492 e. The number of hydrogen-bond donors (Lipinski definition) is 1. The maximum atomic E-state index is 12.9. The predicted molar refractivity (Wildman–Crippen MR) is 86.7 cm³/mol. The molecule has 1 heterocycles. The molecule has 0 saturated carbocycles. The first kappa shape index (κ1) is 19.5. The lowest BCUT2D eigenvalue weighted by Gasteiger charge is -2.14. The number of hydrogen-bond acceptors (Lipinski definition) is 4. The van der Waals surface area contributed by atoms with E-state index in [9.17, 15) is 26.7 Å². The first-order chi connectivity index (χ1) is 11.7. The highest BCUT2D eigenvalue weighted by Gasteiger charge is 2.31. The summed E-state index contributed by atoms with van der Waals surface area (Å²) >= 11 is 1.12. The Bertz CT molecular complexity index is 746. The van der Waals surface area contributed by atoms with Crippen molar-refractivity contribution in [2.75, 3.05) is 11.9 Å². The lowest BCUT2D eigenvalue weighted by atomic mass is 10.1. The van der Waals surface area contributed by atoms with E-state index in [2.05, 4.69) is 5.32 Å². The Hall–Kier alpha value is -1.81. The van der Waals surface area contributed by atoms with Gasteiger partial charge >= 0.3 is 6.18 Å². The third-order valence-electron chi connectivity index (χ3n) is 2.91. The summed E-state index contributed by atoms with van der Waals surface area (Å²) in [6.07, 6.45) is -4.59. The van der Waals surface area contributed by atoms with Gasteiger partial charge in [-0.3, -0.25) is 4.79 Å². The summed E-state index contributed by atoms with van der Waals surface area (Å²) in [4.78, 5) is 12.3. The van der Waals surface area contributed by atoms with Gasteiger partial charge < -0.3 is 10.1 Å². The molecular weight excluding hydrogens is 385 g/mol. The number of rotatable bonds is 6. The van der Waals surface area contributed by atoms with Gasteiger partial charge in [0.25, 0.3) is 11.7 Å². The van der Waals surface area contributed by atoms with Gasteiger partial charge in [-0.1, -0.05) is 11.8 Å². The molecule has 1 amide bonds. The van der Waals surface area contributed by atoms with Crippen LogP contribution in [0.2, 0.25) is 0 Å². The van der Waals surface area contributed by atoms with Crippen molar-refractivity contribution in [1.29, 1.82) is 0 Å². The first-order valence-corrected chi connectivity index (χ1v) is 8.66. The van der Waals surface area contributed by atoms with Gasteiger partial charge in [-0.25, -0.2) is 0 Å². The number of anilines is 1. The quantitative estimate of drug-likeness (QED) is 0.500. The molecule has 10 heteroatoms. The van der Waals surface area contributed by atoms with Crippen LogP contribution < -0.4 is 10.1 Å². The van der Waals surface area contributed by atoms with Crippen LogP contribution in [-0.2, 0) is 6.18 Å². The molecule has 0 spiro atoms. The van der Waals surface area contributed by atoms with Crippen LogP contribution in [0.25, 0.3) is 0 Å². The average molecular weight is 397 g/mol. The maximum absolute atomic E-state index is 12.9. The first-order valence-electron chi connectivity index (χ1n) is 6.90.